The molecule has 1 fully saturated rings. The highest BCUT2D eigenvalue weighted by Gasteiger charge is 2.49. The Labute approximate surface area is 245 Å². The number of ether oxygens (including phenoxy) is 1. The van der Waals surface area contributed by atoms with E-state index >= 15 is 0 Å². The predicted molar refractivity (Wildman–Crippen MR) is 162 cm³/mol. The summed E-state index contributed by atoms with van der Waals surface area (Å²) in [4.78, 5) is 20.7. The Morgan fingerprint density at radius 3 is 2.61 bits per heavy atom. The van der Waals surface area contributed by atoms with E-state index in [4.69, 9.17) is 14.3 Å². The van der Waals surface area contributed by atoms with Crippen LogP contribution in [0.2, 0.25) is 0 Å². The minimum absolute atomic E-state index is 0.159. The van der Waals surface area contributed by atoms with Crippen molar-refractivity contribution in [3.05, 3.63) is 64.9 Å². The van der Waals surface area contributed by atoms with Gasteiger partial charge in [0, 0.05) is 18.6 Å². The van der Waals surface area contributed by atoms with Crippen LogP contribution in [0.1, 0.15) is 81.2 Å². The third-order valence-corrected chi connectivity index (χ3v) is 9.30. The van der Waals surface area contributed by atoms with Crippen LogP contribution >= 0.6 is 0 Å². The van der Waals surface area contributed by atoms with Gasteiger partial charge in [-0.2, -0.15) is 0 Å². The Hall–Kier alpha value is -3.14. The van der Waals surface area contributed by atoms with Crippen LogP contribution in [0.3, 0.4) is 0 Å². The van der Waals surface area contributed by atoms with Gasteiger partial charge in [-0.1, -0.05) is 62.6 Å². The van der Waals surface area contributed by atoms with Crippen molar-refractivity contribution in [1.29, 1.82) is 0 Å². The molecule has 1 aromatic heterocycles. The fraction of sp³-hybridized carbons (Fsp3) is 0.469. The number of benzene rings is 2. The molecular formula is C32H40N4O4S. The number of amidine groups is 1. The molecule has 41 heavy (non-hydrogen) atoms. The average molecular weight is 577 g/mol. The molecule has 0 bridgehead atoms. The summed E-state index contributed by atoms with van der Waals surface area (Å²) in [5.74, 6) is 1.74. The molecular weight excluding hydrogens is 536 g/mol. The Bertz CT molecular complexity index is 1410. The van der Waals surface area contributed by atoms with Gasteiger partial charge in [0.25, 0.3) is 5.91 Å². The molecule has 218 valence electrons. The van der Waals surface area contributed by atoms with Gasteiger partial charge in [0.15, 0.2) is 0 Å². The summed E-state index contributed by atoms with van der Waals surface area (Å²) >= 11 is -1.59. The van der Waals surface area contributed by atoms with Gasteiger partial charge in [-0.25, -0.2) is 4.72 Å². The number of rotatable bonds is 12. The SMILES string of the molecule is CCCCC1=NC2(CCCC2)C(=O)N1Cc1ccc(-c2ccccc2N[S+]([O-])c2noc(C)c2C)c(COCC)c1. The summed E-state index contributed by atoms with van der Waals surface area (Å²) < 4.78 is 27.4. The number of aliphatic imine (C=N–C) groups is 1. The zero-order valence-corrected chi connectivity index (χ0v) is 25.3. The van der Waals surface area contributed by atoms with E-state index in [1.807, 2.05) is 43.0 Å². The van der Waals surface area contributed by atoms with Gasteiger partial charge in [0.2, 0.25) is 0 Å². The van der Waals surface area contributed by atoms with Crippen molar-refractivity contribution in [2.45, 2.75) is 96.4 Å². The highest BCUT2D eigenvalue weighted by molar-refractivity contribution is 7.92. The highest BCUT2D eigenvalue weighted by Crippen LogP contribution is 2.40. The van der Waals surface area contributed by atoms with Crippen molar-refractivity contribution >= 4 is 28.8 Å². The van der Waals surface area contributed by atoms with E-state index in [0.717, 1.165) is 84.3 Å². The first-order valence-electron chi connectivity index (χ1n) is 14.7. The van der Waals surface area contributed by atoms with Gasteiger partial charge >= 0.3 is 5.03 Å². The Kier molecular flexibility index (Phi) is 9.16. The van der Waals surface area contributed by atoms with Crippen molar-refractivity contribution in [1.82, 2.24) is 10.1 Å². The highest BCUT2D eigenvalue weighted by atomic mass is 32.2. The summed E-state index contributed by atoms with van der Waals surface area (Å²) in [6.07, 6.45) is 6.74. The van der Waals surface area contributed by atoms with Crippen LogP contribution in [-0.4, -0.2) is 38.5 Å². The first kappa shape index (κ1) is 29.4. The number of nitrogens with zero attached hydrogens (tertiary/aromatic N) is 3. The van der Waals surface area contributed by atoms with E-state index in [1.165, 1.54) is 0 Å². The third kappa shape index (κ3) is 6.08. The van der Waals surface area contributed by atoms with E-state index in [2.05, 4.69) is 35.0 Å². The van der Waals surface area contributed by atoms with E-state index in [-0.39, 0.29) is 5.91 Å². The lowest BCUT2D eigenvalue weighted by molar-refractivity contribution is -0.131. The molecule has 8 nitrogen and oxygen atoms in total. The number of nitrogens with one attached hydrogen (secondary N) is 1. The molecule has 1 atom stereocenters. The predicted octanol–water partition coefficient (Wildman–Crippen LogP) is 6.87. The van der Waals surface area contributed by atoms with E-state index in [1.54, 1.807) is 6.92 Å². The number of aromatic nitrogens is 1. The van der Waals surface area contributed by atoms with Crippen molar-refractivity contribution in [3.63, 3.8) is 0 Å². The molecule has 1 spiro atoms. The van der Waals surface area contributed by atoms with Gasteiger partial charge < -0.3 is 13.8 Å². The van der Waals surface area contributed by atoms with Gasteiger partial charge in [-0.05, 0) is 67.9 Å². The number of unbranched alkanes of at least 4 members (excludes halogenated alkanes) is 1. The van der Waals surface area contributed by atoms with Crippen LogP contribution in [0.4, 0.5) is 5.69 Å². The second-order valence-electron chi connectivity index (χ2n) is 11.0. The summed E-state index contributed by atoms with van der Waals surface area (Å²) in [6, 6.07) is 14.1. The van der Waals surface area contributed by atoms with Gasteiger partial charge in [-0.3, -0.25) is 14.7 Å². The largest absolute Gasteiger partial charge is 0.587 e. The third-order valence-electron chi connectivity index (χ3n) is 8.16. The summed E-state index contributed by atoms with van der Waals surface area (Å²) in [6.45, 7) is 9.31. The van der Waals surface area contributed by atoms with Crippen LogP contribution in [0.15, 0.2) is 57.0 Å². The topological polar surface area (TPSA) is 103 Å². The zero-order valence-electron chi connectivity index (χ0n) is 24.5. The number of aryl methyl sites for hydroxylation is 1. The number of anilines is 1. The summed E-state index contributed by atoms with van der Waals surface area (Å²) in [5, 5.41) is 4.38. The average Bonchev–Trinajstić information content (AvgIpc) is 3.66. The van der Waals surface area contributed by atoms with Gasteiger partial charge in [0.1, 0.15) is 28.5 Å². The number of para-hydroxylation sites is 1. The summed E-state index contributed by atoms with van der Waals surface area (Å²) in [7, 11) is 0. The van der Waals surface area contributed by atoms with Crippen molar-refractivity contribution < 1.29 is 18.6 Å². The molecule has 2 heterocycles. The molecule has 1 N–H and O–H groups in total. The maximum atomic E-state index is 13.7. The maximum Gasteiger partial charge on any atom is 0.311 e. The fourth-order valence-corrected chi connectivity index (χ4v) is 6.75. The van der Waals surface area contributed by atoms with Crippen LogP contribution < -0.4 is 4.72 Å². The first-order valence-corrected chi connectivity index (χ1v) is 15.8. The van der Waals surface area contributed by atoms with Crippen LogP contribution in [0, 0.1) is 13.8 Å². The molecule has 0 radical (unpaired) electrons. The number of carbonyl (C=O) groups excluding carboxylic acids is 1. The van der Waals surface area contributed by atoms with Crippen molar-refractivity contribution in [2.24, 2.45) is 4.99 Å². The Morgan fingerprint density at radius 1 is 1.12 bits per heavy atom. The minimum atomic E-state index is -1.59. The van der Waals surface area contributed by atoms with Crippen molar-refractivity contribution in [3.8, 4) is 11.1 Å². The van der Waals surface area contributed by atoms with Crippen LogP contribution in [0.25, 0.3) is 11.1 Å². The number of hydrogen-bond acceptors (Lipinski definition) is 7. The molecule has 1 aliphatic heterocycles. The molecule has 1 amide bonds. The smallest absolute Gasteiger partial charge is 0.311 e. The molecule has 1 aliphatic carbocycles. The van der Waals surface area contributed by atoms with Crippen LogP contribution in [-0.2, 0) is 34.0 Å². The molecule has 2 aromatic carbocycles. The summed E-state index contributed by atoms with van der Waals surface area (Å²) in [5.41, 5.74) is 4.89. The number of hydrogen-bond donors (Lipinski definition) is 1. The van der Waals surface area contributed by atoms with Gasteiger partial charge in [0.05, 0.1) is 24.4 Å². The molecule has 1 unspecified atom stereocenters. The number of amides is 1. The molecule has 5 rings (SSSR count). The van der Waals surface area contributed by atoms with E-state index in [0.29, 0.717) is 30.5 Å². The molecule has 2 aliphatic rings. The lowest BCUT2D eigenvalue weighted by Crippen LogP contribution is -2.40. The van der Waals surface area contributed by atoms with E-state index in [9.17, 15) is 9.35 Å². The first-order chi connectivity index (χ1) is 19.9. The quantitative estimate of drug-likeness (QED) is 0.236. The normalized spacial score (nSPS) is 17.0. The zero-order chi connectivity index (χ0) is 29.0. The lowest BCUT2D eigenvalue weighted by Gasteiger charge is -2.23. The second kappa shape index (κ2) is 12.8. The lowest BCUT2D eigenvalue weighted by atomic mass is 9.95. The molecule has 0 saturated heterocycles. The van der Waals surface area contributed by atoms with Crippen LogP contribution in [0.5, 0.6) is 0 Å². The molecule has 3 aromatic rings. The molecule has 1 saturated carbocycles. The molecule has 9 heteroatoms. The van der Waals surface area contributed by atoms with Crippen molar-refractivity contribution in [2.75, 3.05) is 11.3 Å². The Morgan fingerprint density at radius 2 is 1.90 bits per heavy atom. The van der Waals surface area contributed by atoms with E-state index < -0.39 is 16.9 Å². The maximum absolute atomic E-state index is 13.7. The fourth-order valence-electron chi connectivity index (χ4n) is 5.75. The minimum Gasteiger partial charge on any atom is -0.587 e. The Balaban J connectivity index is 1.44. The van der Waals surface area contributed by atoms with Gasteiger partial charge in [-0.15, -0.1) is 0 Å². The standard InChI is InChI=1S/C32H40N4O4S/c1-5-7-14-29-33-32(17-10-11-18-32)31(37)36(29)20-24-15-16-26(25(19-24)21-39-6-2)27-12-8-9-13-28(27)35-41(38)30-22(3)23(4)40-34-30/h8-9,12-13,15-16,19,35H,5-7,10-11,14,17-18,20-21H2,1-4H3. The monoisotopic (exact) mass is 576 g/mol. The second-order valence-corrected chi connectivity index (χ2v) is 12.1. The number of carbonyl (C=O) groups is 1.